The number of carbonyl (C=O) groups excluding carboxylic acids is 3. The van der Waals surface area contributed by atoms with Crippen LogP contribution in [0.4, 0.5) is 10.5 Å². The topological polar surface area (TPSA) is 75.9 Å². The zero-order valence-electron chi connectivity index (χ0n) is 18.1. The fraction of sp³-hybridized carbons (Fsp3) is 0.375. The van der Waals surface area contributed by atoms with Gasteiger partial charge in [0.1, 0.15) is 0 Å². The Kier molecular flexibility index (Phi) is 5.21. The van der Waals surface area contributed by atoms with E-state index >= 15 is 0 Å². The van der Waals surface area contributed by atoms with Crippen LogP contribution in [0.3, 0.4) is 0 Å². The summed E-state index contributed by atoms with van der Waals surface area (Å²) >= 11 is 0. The molecule has 2 heterocycles. The van der Waals surface area contributed by atoms with Crippen molar-refractivity contribution in [2.24, 2.45) is 0 Å². The van der Waals surface area contributed by atoms with E-state index in [1.807, 2.05) is 48.5 Å². The van der Waals surface area contributed by atoms with Gasteiger partial charge >= 0.3 is 12.1 Å². The molecule has 1 fully saturated rings. The molecule has 2 amide bonds. The summed E-state index contributed by atoms with van der Waals surface area (Å²) in [6, 6.07) is 14.4. The molecule has 0 saturated carbocycles. The molecule has 4 rings (SSSR count). The van der Waals surface area contributed by atoms with Gasteiger partial charge < -0.3 is 14.4 Å². The number of esters is 1. The predicted molar refractivity (Wildman–Crippen MR) is 115 cm³/mol. The van der Waals surface area contributed by atoms with Gasteiger partial charge in [-0.1, -0.05) is 56.3 Å². The van der Waals surface area contributed by atoms with E-state index in [1.165, 1.54) is 12.0 Å². The van der Waals surface area contributed by atoms with E-state index < -0.39 is 23.6 Å². The Bertz CT molecular complexity index is 1040. The first-order valence-electron chi connectivity index (χ1n) is 10.4. The molecule has 2 aliphatic heterocycles. The second kappa shape index (κ2) is 7.72. The maximum atomic E-state index is 13.9. The minimum absolute atomic E-state index is 0.139. The third-order valence-corrected chi connectivity index (χ3v) is 6.00. The van der Waals surface area contributed by atoms with E-state index in [0.29, 0.717) is 17.8 Å². The summed E-state index contributed by atoms with van der Waals surface area (Å²) < 4.78 is 10.1. The number of methoxy groups -OCH3 is 1. The van der Waals surface area contributed by atoms with E-state index in [9.17, 15) is 14.4 Å². The molecule has 2 aliphatic rings. The van der Waals surface area contributed by atoms with Gasteiger partial charge in [0.15, 0.2) is 11.6 Å². The van der Waals surface area contributed by atoms with Crippen molar-refractivity contribution >= 4 is 23.7 Å². The van der Waals surface area contributed by atoms with Crippen LogP contribution in [0.25, 0.3) is 0 Å². The summed E-state index contributed by atoms with van der Waals surface area (Å²) in [6.07, 6.45) is -0.700. The van der Waals surface area contributed by atoms with Crippen LogP contribution >= 0.6 is 0 Å². The number of amides is 2. The molecule has 0 radical (unpaired) electrons. The lowest BCUT2D eigenvalue weighted by Crippen LogP contribution is -2.37. The van der Waals surface area contributed by atoms with E-state index in [-0.39, 0.29) is 18.4 Å². The highest BCUT2D eigenvalue weighted by Crippen LogP contribution is 2.59. The minimum Gasteiger partial charge on any atom is -0.467 e. The van der Waals surface area contributed by atoms with Gasteiger partial charge in [0.05, 0.1) is 25.9 Å². The van der Waals surface area contributed by atoms with Crippen LogP contribution in [-0.2, 0) is 31.1 Å². The molecule has 0 aliphatic carbocycles. The average molecular weight is 422 g/mol. The van der Waals surface area contributed by atoms with Crippen molar-refractivity contribution in [1.29, 1.82) is 0 Å². The lowest BCUT2D eigenvalue weighted by Gasteiger charge is -2.18. The SMILES string of the molecule is CCOC(=O)N1C(C(=O)OC)C12C(=O)N(Cc1ccccc1)c1ccc(C(C)C)cc12. The normalized spacial score (nSPS) is 21.5. The second-order valence-corrected chi connectivity index (χ2v) is 8.07. The zero-order valence-corrected chi connectivity index (χ0v) is 18.1. The highest BCUT2D eigenvalue weighted by atomic mass is 16.6. The summed E-state index contributed by atoms with van der Waals surface area (Å²) in [5.74, 6) is -0.744. The number of rotatable bonds is 5. The molecular formula is C24H26N2O5. The maximum Gasteiger partial charge on any atom is 0.411 e. The summed E-state index contributed by atoms with van der Waals surface area (Å²) in [7, 11) is 1.25. The van der Waals surface area contributed by atoms with Crippen molar-refractivity contribution in [2.75, 3.05) is 18.6 Å². The Morgan fingerprint density at radius 1 is 1.13 bits per heavy atom. The highest BCUT2D eigenvalue weighted by Gasteiger charge is 2.79. The van der Waals surface area contributed by atoms with Crippen molar-refractivity contribution in [3.8, 4) is 0 Å². The summed E-state index contributed by atoms with van der Waals surface area (Å²) in [4.78, 5) is 42.1. The van der Waals surface area contributed by atoms with Gasteiger partial charge in [-0.15, -0.1) is 0 Å². The van der Waals surface area contributed by atoms with Crippen LogP contribution in [0.15, 0.2) is 48.5 Å². The van der Waals surface area contributed by atoms with Crippen molar-refractivity contribution in [3.05, 3.63) is 65.2 Å². The molecule has 0 aromatic heterocycles. The van der Waals surface area contributed by atoms with Crippen molar-refractivity contribution in [2.45, 2.75) is 44.8 Å². The number of hydrogen-bond donors (Lipinski definition) is 0. The monoisotopic (exact) mass is 422 g/mol. The van der Waals surface area contributed by atoms with Gasteiger partial charge in [0.25, 0.3) is 5.91 Å². The standard InChI is InChI=1S/C24H26N2O5/c1-5-31-23(29)26-20(21(27)30-4)24(26)18-13-17(15(2)3)11-12-19(18)25(22(24)28)14-16-9-7-6-8-10-16/h6-13,15,20H,5,14H2,1-4H3. The van der Waals surface area contributed by atoms with Crippen molar-refractivity contribution in [1.82, 2.24) is 4.90 Å². The Morgan fingerprint density at radius 3 is 2.45 bits per heavy atom. The molecular weight excluding hydrogens is 396 g/mol. The summed E-state index contributed by atoms with van der Waals surface area (Å²) in [6.45, 7) is 6.27. The molecule has 0 bridgehead atoms. The first-order chi connectivity index (χ1) is 14.9. The van der Waals surface area contributed by atoms with Gasteiger partial charge in [-0.05, 0) is 30.0 Å². The predicted octanol–water partition coefficient (Wildman–Crippen LogP) is 3.57. The Labute approximate surface area is 181 Å². The molecule has 0 N–H and O–H groups in total. The first-order valence-corrected chi connectivity index (χ1v) is 10.4. The first kappa shape index (κ1) is 20.9. The van der Waals surface area contributed by atoms with E-state index in [2.05, 4.69) is 13.8 Å². The Balaban J connectivity index is 1.86. The Morgan fingerprint density at radius 2 is 1.84 bits per heavy atom. The number of carbonyl (C=O) groups is 3. The number of benzene rings is 2. The van der Waals surface area contributed by atoms with Crippen LogP contribution in [-0.4, -0.2) is 42.6 Å². The van der Waals surface area contributed by atoms with Crippen LogP contribution in [0.2, 0.25) is 0 Å². The molecule has 31 heavy (non-hydrogen) atoms. The smallest absolute Gasteiger partial charge is 0.411 e. The van der Waals surface area contributed by atoms with Crippen LogP contribution in [0.5, 0.6) is 0 Å². The molecule has 2 unspecified atom stereocenters. The van der Waals surface area contributed by atoms with Gasteiger partial charge in [0, 0.05) is 5.56 Å². The summed E-state index contributed by atoms with van der Waals surface area (Å²) in [5, 5.41) is 0. The quantitative estimate of drug-likeness (QED) is 0.544. The third-order valence-electron chi connectivity index (χ3n) is 6.00. The van der Waals surface area contributed by atoms with Gasteiger partial charge in [-0.2, -0.15) is 0 Å². The van der Waals surface area contributed by atoms with Gasteiger partial charge in [0.2, 0.25) is 0 Å². The van der Waals surface area contributed by atoms with Gasteiger partial charge in [-0.3, -0.25) is 9.69 Å². The van der Waals surface area contributed by atoms with Crippen molar-refractivity contribution in [3.63, 3.8) is 0 Å². The number of anilines is 1. The molecule has 7 heteroatoms. The largest absolute Gasteiger partial charge is 0.467 e. The molecule has 1 saturated heterocycles. The molecule has 1 spiro atoms. The molecule has 2 aromatic rings. The van der Waals surface area contributed by atoms with Crippen LogP contribution in [0.1, 0.15) is 43.4 Å². The molecule has 7 nitrogen and oxygen atoms in total. The van der Waals surface area contributed by atoms with Crippen LogP contribution in [0, 0.1) is 0 Å². The average Bonchev–Trinajstić information content (AvgIpc) is 3.42. The molecule has 162 valence electrons. The third kappa shape index (κ3) is 3.07. The minimum atomic E-state index is -1.44. The highest BCUT2D eigenvalue weighted by molar-refractivity contribution is 6.17. The van der Waals surface area contributed by atoms with Crippen molar-refractivity contribution < 1.29 is 23.9 Å². The second-order valence-electron chi connectivity index (χ2n) is 8.07. The lowest BCUT2D eigenvalue weighted by atomic mass is 9.92. The number of ether oxygens (including phenoxy) is 2. The van der Waals surface area contributed by atoms with E-state index in [0.717, 1.165) is 11.1 Å². The number of nitrogens with zero attached hydrogens (tertiary/aromatic N) is 2. The number of hydrogen-bond acceptors (Lipinski definition) is 5. The Hall–Kier alpha value is -3.35. The maximum absolute atomic E-state index is 13.9. The number of fused-ring (bicyclic) bond motifs is 2. The van der Waals surface area contributed by atoms with E-state index in [4.69, 9.17) is 9.47 Å². The van der Waals surface area contributed by atoms with E-state index in [1.54, 1.807) is 11.8 Å². The lowest BCUT2D eigenvalue weighted by molar-refractivity contribution is -0.141. The fourth-order valence-electron chi connectivity index (χ4n) is 4.43. The molecule has 2 atom stereocenters. The summed E-state index contributed by atoms with van der Waals surface area (Å²) in [5.41, 5.74) is 1.87. The fourth-order valence-corrected chi connectivity index (χ4v) is 4.43. The molecule has 2 aromatic carbocycles. The van der Waals surface area contributed by atoms with Gasteiger partial charge in [-0.25, -0.2) is 9.59 Å². The zero-order chi connectivity index (χ0) is 22.3. The van der Waals surface area contributed by atoms with Crippen LogP contribution < -0.4 is 4.90 Å².